The van der Waals surface area contributed by atoms with Gasteiger partial charge in [0.05, 0.1) is 11.8 Å². The van der Waals surface area contributed by atoms with Gasteiger partial charge in [-0.05, 0) is 31.0 Å². The molecule has 0 unspecified atom stereocenters. The van der Waals surface area contributed by atoms with Gasteiger partial charge in [-0.3, -0.25) is 9.48 Å². The van der Waals surface area contributed by atoms with E-state index in [2.05, 4.69) is 20.3 Å². The predicted octanol–water partition coefficient (Wildman–Crippen LogP) is 2.61. The van der Waals surface area contributed by atoms with Gasteiger partial charge in [0.25, 0.3) is 11.9 Å². The van der Waals surface area contributed by atoms with Gasteiger partial charge < -0.3 is 14.6 Å². The summed E-state index contributed by atoms with van der Waals surface area (Å²) in [4.78, 5) is 18.8. The van der Waals surface area contributed by atoms with Crippen molar-refractivity contribution >= 4 is 34.6 Å². The van der Waals surface area contributed by atoms with Crippen LogP contribution in [0.5, 0.6) is 0 Å². The smallest absolute Gasteiger partial charge is 0.298 e. The van der Waals surface area contributed by atoms with Crippen LogP contribution >= 0.6 is 11.6 Å². The van der Waals surface area contributed by atoms with Crippen molar-refractivity contribution in [2.24, 2.45) is 7.05 Å². The van der Waals surface area contributed by atoms with Crippen molar-refractivity contribution in [2.75, 3.05) is 18.0 Å². The Kier molecular flexibility index (Phi) is 4.09. The standard InChI is InChI=1S/C17H18ClN5O2/c1-22-10-11(9-19-22)16(24)20-13-4-6-23(7-5-13)17-21-14-8-12(18)2-3-15(14)25-17/h2-3,8-10,13H,4-7H2,1H3,(H,20,24). The number of anilines is 1. The van der Waals surface area contributed by atoms with Gasteiger partial charge in [0, 0.05) is 37.4 Å². The maximum Gasteiger partial charge on any atom is 0.298 e. The third-order valence-corrected chi connectivity index (χ3v) is 4.64. The Morgan fingerprint density at radius 3 is 2.88 bits per heavy atom. The molecule has 1 amide bonds. The van der Waals surface area contributed by atoms with Gasteiger partial charge in [0.15, 0.2) is 5.58 Å². The van der Waals surface area contributed by atoms with E-state index in [1.807, 2.05) is 6.07 Å². The van der Waals surface area contributed by atoms with Crippen molar-refractivity contribution in [3.05, 3.63) is 41.2 Å². The fourth-order valence-electron chi connectivity index (χ4n) is 3.05. The molecule has 25 heavy (non-hydrogen) atoms. The van der Waals surface area contributed by atoms with E-state index < -0.39 is 0 Å². The summed E-state index contributed by atoms with van der Waals surface area (Å²) in [5.41, 5.74) is 2.07. The molecule has 0 aliphatic carbocycles. The zero-order valence-corrected chi connectivity index (χ0v) is 14.5. The Morgan fingerprint density at radius 1 is 1.36 bits per heavy atom. The van der Waals surface area contributed by atoms with Crippen LogP contribution in [0.1, 0.15) is 23.2 Å². The number of carbonyl (C=O) groups excluding carboxylic acids is 1. The molecule has 4 rings (SSSR count). The Morgan fingerprint density at radius 2 is 2.16 bits per heavy atom. The van der Waals surface area contributed by atoms with E-state index in [0.717, 1.165) is 37.0 Å². The van der Waals surface area contributed by atoms with Gasteiger partial charge in [-0.15, -0.1) is 0 Å². The fraction of sp³-hybridized carbons (Fsp3) is 0.353. The Hall–Kier alpha value is -2.54. The van der Waals surface area contributed by atoms with Gasteiger partial charge in [-0.2, -0.15) is 10.1 Å². The van der Waals surface area contributed by atoms with E-state index >= 15 is 0 Å². The van der Waals surface area contributed by atoms with Crippen LogP contribution in [0.15, 0.2) is 35.0 Å². The van der Waals surface area contributed by atoms with E-state index in [0.29, 0.717) is 16.6 Å². The molecule has 1 aliphatic rings. The molecule has 0 radical (unpaired) electrons. The zero-order chi connectivity index (χ0) is 17.4. The number of piperidine rings is 1. The highest BCUT2D eigenvalue weighted by Crippen LogP contribution is 2.26. The number of hydrogen-bond donors (Lipinski definition) is 1. The van der Waals surface area contributed by atoms with Crippen LogP contribution < -0.4 is 10.2 Å². The third-order valence-electron chi connectivity index (χ3n) is 4.41. The summed E-state index contributed by atoms with van der Waals surface area (Å²) < 4.78 is 7.43. The molecule has 7 nitrogen and oxygen atoms in total. The Bertz CT molecular complexity index is 911. The van der Waals surface area contributed by atoms with Crippen molar-refractivity contribution in [1.82, 2.24) is 20.1 Å². The Balaban J connectivity index is 1.38. The quantitative estimate of drug-likeness (QED) is 0.778. The second-order valence-electron chi connectivity index (χ2n) is 6.25. The lowest BCUT2D eigenvalue weighted by atomic mass is 10.1. The number of rotatable bonds is 3. The number of fused-ring (bicyclic) bond motifs is 1. The molecule has 0 bridgehead atoms. The second kappa shape index (κ2) is 6.40. The molecule has 0 spiro atoms. The highest BCUT2D eigenvalue weighted by atomic mass is 35.5. The molecule has 1 saturated heterocycles. The zero-order valence-electron chi connectivity index (χ0n) is 13.8. The number of carbonyl (C=O) groups is 1. The second-order valence-corrected chi connectivity index (χ2v) is 6.68. The molecule has 1 fully saturated rings. The third kappa shape index (κ3) is 3.32. The molecule has 130 valence electrons. The first-order valence-electron chi connectivity index (χ1n) is 8.19. The Labute approximate surface area is 149 Å². The molecule has 1 aliphatic heterocycles. The average Bonchev–Trinajstić information content (AvgIpc) is 3.21. The van der Waals surface area contributed by atoms with E-state index in [1.54, 1.807) is 36.3 Å². The van der Waals surface area contributed by atoms with Crippen molar-refractivity contribution in [3.63, 3.8) is 0 Å². The average molecular weight is 360 g/mol. The van der Waals surface area contributed by atoms with E-state index in [1.165, 1.54) is 0 Å². The maximum atomic E-state index is 12.2. The number of benzene rings is 1. The lowest BCUT2D eigenvalue weighted by molar-refractivity contribution is 0.0931. The van der Waals surface area contributed by atoms with Crippen molar-refractivity contribution < 1.29 is 9.21 Å². The van der Waals surface area contributed by atoms with Crippen LogP contribution in [-0.4, -0.2) is 39.8 Å². The van der Waals surface area contributed by atoms with Gasteiger partial charge >= 0.3 is 0 Å². The minimum Gasteiger partial charge on any atom is -0.423 e. The topological polar surface area (TPSA) is 76.2 Å². The van der Waals surface area contributed by atoms with Crippen molar-refractivity contribution in [3.8, 4) is 0 Å². The lowest BCUT2D eigenvalue weighted by Gasteiger charge is -2.31. The first-order chi connectivity index (χ1) is 12.1. The largest absolute Gasteiger partial charge is 0.423 e. The SMILES string of the molecule is Cn1cc(C(=O)NC2CCN(c3nc4cc(Cl)ccc4o3)CC2)cn1. The summed E-state index contributed by atoms with van der Waals surface area (Å²) in [5.74, 6) is -0.0805. The van der Waals surface area contributed by atoms with Gasteiger partial charge in [0.1, 0.15) is 5.52 Å². The molecule has 0 atom stereocenters. The van der Waals surface area contributed by atoms with Crippen LogP contribution in [0.25, 0.3) is 11.1 Å². The number of nitrogens with one attached hydrogen (secondary N) is 1. The van der Waals surface area contributed by atoms with Crippen LogP contribution in [0.2, 0.25) is 5.02 Å². The molecular formula is C17H18ClN5O2. The van der Waals surface area contributed by atoms with Crippen LogP contribution in [0.4, 0.5) is 6.01 Å². The normalized spacial score (nSPS) is 15.7. The summed E-state index contributed by atoms with van der Waals surface area (Å²) in [5, 5.41) is 7.74. The molecule has 3 heterocycles. The van der Waals surface area contributed by atoms with Gasteiger partial charge in [-0.1, -0.05) is 11.6 Å². The van der Waals surface area contributed by atoms with Crippen molar-refractivity contribution in [2.45, 2.75) is 18.9 Å². The van der Waals surface area contributed by atoms with Gasteiger partial charge in [-0.25, -0.2) is 0 Å². The highest BCUT2D eigenvalue weighted by molar-refractivity contribution is 6.31. The van der Waals surface area contributed by atoms with Crippen LogP contribution in [0, 0.1) is 0 Å². The van der Waals surface area contributed by atoms with E-state index in [4.69, 9.17) is 16.0 Å². The monoisotopic (exact) mass is 359 g/mol. The highest BCUT2D eigenvalue weighted by Gasteiger charge is 2.24. The molecular weight excluding hydrogens is 342 g/mol. The number of aryl methyl sites for hydroxylation is 1. The minimum atomic E-state index is -0.0805. The number of hydrogen-bond acceptors (Lipinski definition) is 5. The molecule has 1 aromatic carbocycles. The molecule has 1 N–H and O–H groups in total. The summed E-state index contributed by atoms with van der Waals surface area (Å²) in [6.45, 7) is 1.55. The molecule has 3 aromatic rings. The maximum absolute atomic E-state index is 12.2. The first kappa shape index (κ1) is 16.0. The molecule has 8 heteroatoms. The first-order valence-corrected chi connectivity index (χ1v) is 8.57. The summed E-state index contributed by atoms with van der Waals surface area (Å²) in [6, 6.07) is 6.16. The van der Waals surface area contributed by atoms with Crippen LogP contribution in [0.3, 0.4) is 0 Å². The van der Waals surface area contributed by atoms with E-state index in [-0.39, 0.29) is 11.9 Å². The number of amides is 1. The molecule has 2 aromatic heterocycles. The molecule has 0 saturated carbocycles. The number of halogens is 1. The fourth-order valence-corrected chi connectivity index (χ4v) is 3.21. The number of oxazole rings is 1. The van der Waals surface area contributed by atoms with Crippen LogP contribution in [-0.2, 0) is 7.05 Å². The van der Waals surface area contributed by atoms with Gasteiger partial charge in [0.2, 0.25) is 0 Å². The minimum absolute atomic E-state index is 0.0805. The van der Waals surface area contributed by atoms with Crippen molar-refractivity contribution in [1.29, 1.82) is 0 Å². The summed E-state index contributed by atoms with van der Waals surface area (Å²) >= 11 is 5.99. The summed E-state index contributed by atoms with van der Waals surface area (Å²) in [6.07, 6.45) is 4.97. The number of nitrogens with zero attached hydrogens (tertiary/aromatic N) is 4. The predicted molar refractivity (Wildman–Crippen MR) is 94.9 cm³/mol. The van der Waals surface area contributed by atoms with E-state index in [9.17, 15) is 4.79 Å². The number of aromatic nitrogens is 3. The lowest BCUT2D eigenvalue weighted by Crippen LogP contribution is -2.44. The summed E-state index contributed by atoms with van der Waals surface area (Å²) in [7, 11) is 1.79.